The summed E-state index contributed by atoms with van der Waals surface area (Å²) >= 11 is 0. The monoisotopic (exact) mass is 368 g/mol. The van der Waals surface area contributed by atoms with Crippen molar-refractivity contribution >= 4 is 5.91 Å². The highest BCUT2D eigenvalue weighted by Gasteiger charge is 2.33. The van der Waals surface area contributed by atoms with Gasteiger partial charge < -0.3 is 9.84 Å². The number of rotatable bonds is 4. The van der Waals surface area contributed by atoms with Crippen molar-refractivity contribution in [3.63, 3.8) is 0 Å². The lowest BCUT2D eigenvalue weighted by Crippen LogP contribution is -2.34. The Morgan fingerprint density at radius 2 is 2.15 bits per heavy atom. The van der Waals surface area contributed by atoms with Crippen LogP contribution in [0.3, 0.4) is 0 Å². The molecule has 0 spiro atoms. The second-order valence-corrected chi connectivity index (χ2v) is 6.63. The Balaban J connectivity index is 1.72. The normalized spacial score (nSPS) is 21.6. The Bertz CT molecular complexity index is 790. The molecule has 2 aromatic heterocycles. The number of nitrogens with one attached hydrogen (secondary N) is 1. The van der Waals surface area contributed by atoms with Gasteiger partial charge in [0.15, 0.2) is 0 Å². The molecule has 0 bridgehead atoms. The van der Waals surface area contributed by atoms with Crippen LogP contribution in [0.15, 0.2) is 22.9 Å². The fourth-order valence-corrected chi connectivity index (χ4v) is 3.17. The van der Waals surface area contributed by atoms with Gasteiger partial charge in [-0.1, -0.05) is 18.5 Å². The van der Waals surface area contributed by atoms with Gasteiger partial charge in [0.1, 0.15) is 11.7 Å². The largest absolute Gasteiger partial charge is 0.433 e. The van der Waals surface area contributed by atoms with E-state index in [1.54, 1.807) is 6.92 Å². The van der Waals surface area contributed by atoms with E-state index in [1.165, 1.54) is 6.07 Å². The van der Waals surface area contributed by atoms with Crippen LogP contribution in [0, 0.1) is 11.8 Å². The van der Waals surface area contributed by atoms with Gasteiger partial charge in [0.25, 0.3) is 0 Å². The minimum atomic E-state index is -4.55. The van der Waals surface area contributed by atoms with E-state index in [0.717, 1.165) is 31.5 Å². The lowest BCUT2D eigenvalue weighted by molar-refractivity contribution is -0.141. The van der Waals surface area contributed by atoms with Crippen LogP contribution in [0.1, 0.15) is 50.7 Å². The van der Waals surface area contributed by atoms with E-state index in [1.807, 2.05) is 6.92 Å². The summed E-state index contributed by atoms with van der Waals surface area (Å²) in [4.78, 5) is 19.8. The first-order valence-corrected chi connectivity index (χ1v) is 8.43. The minimum Gasteiger partial charge on any atom is -0.344 e. The van der Waals surface area contributed by atoms with Gasteiger partial charge in [0, 0.05) is 17.7 Å². The van der Waals surface area contributed by atoms with Crippen molar-refractivity contribution in [1.29, 1.82) is 0 Å². The molecule has 9 heteroatoms. The van der Waals surface area contributed by atoms with Crippen LogP contribution in [-0.4, -0.2) is 21.0 Å². The number of hydrogen-bond acceptors (Lipinski definition) is 5. The molecule has 1 N–H and O–H groups in total. The maximum absolute atomic E-state index is 12.8. The molecule has 1 fully saturated rings. The zero-order valence-electron chi connectivity index (χ0n) is 14.4. The zero-order valence-corrected chi connectivity index (χ0v) is 14.4. The van der Waals surface area contributed by atoms with Crippen LogP contribution in [-0.2, 0) is 11.0 Å². The molecule has 2 heterocycles. The van der Waals surface area contributed by atoms with Crippen LogP contribution < -0.4 is 5.32 Å². The SMILES string of the molecule is CC(NC(=O)C1CCCC1C)c1nc(-c2ccnc(C(F)(F)F)c2)no1. The van der Waals surface area contributed by atoms with E-state index in [2.05, 4.69) is 20.4 Å². The van der Waals surface area contributed by atoms with Crippen LogP contribution >= 0.6 is 0 Å². The molecule has 6 nitrogen and oxygen atoms in total. The molecular formula is C17H19F3N4O2. The average molecular weight is 368 g/mol. The van der Waals surface area contributed by atoms with Crippen LogP contribution in [0.4, 0.5) is 13.2 Å². The molecular weight excluding hydrogens is 349 g/mol. The van der Waals surface area contributed by atoms with Crippen LogP contribution in [0.5, 0.6) is 0 Å². The molecule has 2 aromatic rings. The summed E-state index contributed by atoms with van der Waals surface area (Å²) in [7, 11) is 0. The number of alkyl halides is 3. The van der Waals surface area contributed by atoms with Crippen LogP contribution in [0.25, 0.3) is 11.4 Å². The molecule has 0 aromatic carbocycles. The summed E-state index contributed by atoms with van der Waals surface area (Å²) in [5.74, 6) is 0.394. The first-order valence-electron chi connectivity index (χ1n) is 8.43. The van der Waals surface area contributed by atoms with Gasteiger partial charge in [0.05, 0.1) is 0 Å². The third-order valence-electron chi connectivity index (χ3n) is 4.68. The van der Waals surface area contributed by atoms with Gasteiger partial charge in [0.2, 0.25) is 17.6 Å². The molecule has 1 aliphatic rings. The molecule has 1 aliphatic carbocycles. The summed E-state index contributed by atoms with van der Waals surface area (Å²) in [6.07, 6.45) is -0.600. The summed E-state index contributed by atoms with van der Waals surface area (Å²) in [5.41, 5.74) is -0.886. The van der Waals surface area contributed by atoms with Crippen LogP contribution in [0.2, 0.25) is 0 Å². The third kappa shape index (κ3) is 3.86. The standard InChI is InChI=1S/C17H19F3N4O2/c1-9-4-3-5-12(9)15(25)22-10(2)16-23-14(24-26-16)11-6-7-21-13(8-11)17(18,19)20/h6-10,12H,3-5H2,1-2H3,(H,22,25). The smallest absolute Gasteiger partial charge is 0.344 e. The number of carbonyl (C=O) groups excluding carboxylic acids is 1. The number of carbonyl (C=O) groups is 1. The molecule has 1 amide bonds. The van der Waals surface area contributed by atoms with Crippen molar-refractivity contribution in [3.8, 4) is 11.4 Å². The predicted molar refractivity (Wildman–Crippen MR) is 85.6 cm³/mol. The maximum atomic E-state index is 12.8. The first kappa shape index (κ1) is 18.3. The van der Waals surface area contributed by atoms with Crippen molar-refractivity contribution < 1.29 is 22.5 Å². The van der Waals surface area contributed by atoms with Gasteiger partial charge in [-0.2, -0.15) is 18.2 Å². The number of halogens is 3. The minimum absolute atomic E-state index is 0.0169. The van der Waals surface area contributed by atoms with E-state index in [4.69, 9.17) is 4.52 Å². The van der Waals surface area contributed by atoms with Gasteiger partial charge >= 0.3 is 6.18 Å². The van der Waals surface area contributed by atoms with Crippen molar-refractivity contribution in [2.75, 3.05) is 0 Å². The number of nitrogens with zero attached hydrogens (tertiary/aromatic N) is 3. The second kappa shape index (κ2) is 7.05. The summed E-state index contributed by atoms with van der Waals surface area (Å²) < 4.78 is 43.4. The quantitative estimate of drug-likeness (QED) is 0.889. The van der Waals surface area contributed by atoms with Gasteiger partial charge in [-0.25, -0.2) is 0 Å². The zero-order chi connectivity index (χ0) is 18.9. The molecule has 0 radical (unpaired) electrons. The Kier molecular flexibility index (Phi) is 4.97. The lowest BCUT2D eigenvalue weighted by atomic mass is 9.97. The van der Waals surface area contributed by atoms with Crippen molar-refractivity contribution in [2.24, 2.45) is 11.8 Å². The highest BCUT2D eigenvalue weighted by atomic mass is 19.4. The van der Waals surface area contributed by atoms with E-state index in [-0.39, 0.29) is 29.1 Å². The van der Waals surface area contributed by atoms with E-state index >= 15 is 0 Å². The average Bonchev–Trinajstić information content (AvgIpc) is 3.23. The highest BCUT2D eigenvalue weighted by Crippen LogP contribution is 2.32. The summed E-state index contributed by atoms with van der Waals surface area (Å²) in [5, 5.41) is 6.56. The number of aromatic nitrogens is 3. The maximum Gasteiger partial charge on any atom is 0.433 e. The molecule has 1 saturated carbocycles. The number of hydrogen-bond donors (Lipinski definition) is 1. The van der Waals surface area contributed by atoms with E-state index < -0.39 is 17.9 Å². The Morgan fingerprint density at radius 3 is 2.81 bits per heavy atom. The fraction of sp³-hybridized carbons (Fsp3) is 0.529. The third-order valence-corrected chi connectivity index (χ3v) is 4.68. The Hall–Kier alpha value is -2.45. The lowest BCUT2D eigenvalue weighted by Gasteiger charge is -2.17. The number of pyridine rings is 1. The molecule has 3 unspecified atom stereocenters. The fourth-order valence-electron chi connectivity index (χ4n) is 3.17. The molecule has 3 atom stereocenters. The molecule has 0 aliphatic heterocycles. The Morgan fingerprint density at radius 1 is 1.38 bits per heavy atom. The Labute approximate surface area is 148 Å². The molecule has 0 saturated heterocycles. The van der Waals surface area contributed by atoms with Gasteiger partial charge in [-0.05, 0) is 37.8 Å². The predicted octanol–water partition coefficient (Wildman–Crippen LogP) is 3.76. The first-order chi connectivity index (χ1) is 12.3. The van der Waals surface area contributed by atoms with Crippen molar-refractivity contribution in [2.45, 2.75) is 45.3 Å². The topological polar surface area (TPSA) is 80.9 Å². The van der Waals surface area contributed by atoms with Gasteiger partial charge in [-0.15, -0.1) is 0 Å². The second-order valence-electron chi connectivity index (χ2n) is 6.63. The van der Waals surface area contributed by atoms with Gasteiger partial charge in [-0.3, -0.25) is 9.78 Å². The summed E-state index contributed by atoms with van der Waals surface area (Å²) in [6, 6.07) is 1.70. The molecule has 140 valence electrons. The highest BCUT2D eigenvalue weighted by molar-refractivity contribution is 5.79. The summed E-state index contributed by atoms with van der Waals surface area (Å²) in [6.45, 7) is 3.75. The van der Waals surface area contributed by atoms with E-state index in [0.29, 0.717) is 5.92 Å². The number of amides is 1. The van der Waals surface area contributed by atoms with Crippen molar-refractivity contribution in [3.05, 3.63) is 29.9 Å². The van der Waals surface area contributed by atoms with E-state index in [9.17, 15) is 18.0 Å². The molecule has 3 rings (SSSR count). The molecule has 26 heavy (non-hydrogen) atoms. The van der Waals surface area contributed by atoms with Crippen molar-refractivity contribution in [1.82, 2.24) is 20.4 Å².